The number of carbonyl (C=O) groups is 1. The molecule has 2 aliphatic rings. The van der Waals surface area contributed by atoms with E-state index in [1.54, 1.807) is 0 Å². The van der Waals surface area contributed by atoms with Gasteiger partial charge in [0.2, 0.25) is 0 Å². The molecule has 0 aliphatic carbocycles. The Morgan fingerprint density at radius 1 is 1.08 bits per heavy atom. The molecular formula is C21H24N2O2. The van der Waals surface area contributed by atoms with Crippen LogP contribution in [0, 0.1) is 5.92 Å². The molecule has 2 fully saturated rings. The molecular weight excluding hydrogens is 312 g/mol. The second-order valence-electron chi connectivity index (χ2n) is 7.23. The van der Waals surface area contributed by atoms with Gasteiger partial charge in [-0.15, -0.1) is 0 Å². The Balaban J connectivity index is 1.42. The molecule has 4 nitrogen and oxygen atoms in total. The highest BCUT2D eigenvalue weighted by Crippen LogP contribution is 2.42. The number of ether oxygens (including phenoxy) is 1. The molecule has 1 aromatic heterocycles. The number of likely N-dealkylation sites (tertiary alicyclic amines) is 1. The smallest absolute Gasteiger partial charge is 0.306 e. The molecule has 1 atom stereocenters. The second kappa shape index (κ2) is 6.96. The van der Waals surface area contributed by atoms with Crippen molar-refractivity contribution in [3.63, 3.8) is 0 Å². The number of hydrogen-bond acceptors (Lipinski definition) is 4. The van der Waals surface area contributed by atoms with Crippen molar-refractivity contribution in [3.05, 3.63) is 66.0 Å². The maximum Gasteiger partial charge on any atom is 0.306 e. The van der Waals surface area contributed by atoms with Crippen LogP contribution in [0.5, 0.6) is 0 Å². The first-order chi connectivity index (χ1) is 12.2. The zero-order chi connectivity index (χ0) is 17.1. The number of nitrogens with zero attached hydrogens (tertiary/aromatic N) is 2. The van der Waals surface area contributed by atoms with Gasteiger partial charge in [-0.1, -0.05) is 36.4 Å². The van der Waals surface area contributed by atoms with Crippen molar-refractivity contribution < 1.29 is 9.53 Å². The Morgan fingerprint density at radius 2 is 1.84 bits per heavy atom. The summed E-state index contributed by atoms with van der Waals surface area (Å²) in [5.41, 5.74) is 2.10. The second-order valence-corrected chi connectivity index (χ2v) is 7.23. The number of benzene rings is 1. The average molecular weight is 336 g/mol. The molecule has 2 aromatic rings. The van der Waals surface area contributed by atoms with Crippen LogP contribution in [0.3, 0.4) is 0 Å². The molecule has 3 heterocycles. The molecule has 0 amide bonds. The number of carbonyl (C=O) groups excluding carboxylic acids is 1. The maximum atomic E-state index is 12.0. The van der Waals surface area contributed by atoms with E-state index in [9.17, 15) is 4.79 Å². The van der Waals surface area contributed by atoms with E-state index in [1.165, 1.54) is 5.56 Å². The van der Waals surface area contributed by atoms with Crippen LogP contribution in [0.2, 0.25) is 0 Å². The van der Waals surface area contributed by atoms with Gasteiger partial charge in [-0.25, -0.2) is 0 Å². The summed E-state index contributed by atoms with van der Waals surface area (Å²) in [5, 5.41) is 0. The summed E-state index contributed by atoms with van der Waals surface area (Å²) >= 11 is 0. The average Bonchev–Trinajstić information content (AvgIpc) is 2.94. The van der Waals surface area contributed by atoms with E-state index in [1.807, 2.05) is 24.4 Å². The van der Waals surface area contributed by atoms with Crippen molar-refractivity contribution in [1.29, 1.82) is 0 Å². The van der Waals surface area contributed by atoms with Gasteiger partial charge in [0, 0.05) is 50.3 Å². The lowest BCUT2D eigenvalue weighted by Gasteiger charge is -2.41. The number of hydrogen-bond donors (Lipinski definition) is 0. The zero-order valence-corrected chi connectivity index (χ0v) is 14.4. The van der Waals surface area contributed by atoms with Gasteiger partial charge in [0.05, 0.1) is 6.42 Å². The molecule has 2 saturated heterocycles. The fourth-order valence-electron chi connectivity index (χ4n) is 4.21. The third kappa shape index (κ3) is 3.59. The fourth-order valence-corrected chi connectivity index (χ4v) is 4.21. The van der Waals surface area contributed by atoms with E-state index in [4.69, 9.17) is 4.74 Å². The van der Waals surface area contributed by atoms with Crippen LogP contribution in [-0.4, -0.2) is 34.5 Å². The van der Waals surface area contributed by atoms with Gasteiger partial charge in [-0.05, 0) is 24.1 Å². The third-order valence-corrected chi connectivity index (χ3v) is 5.61. The summed E-state index contributed by atoms with van der Waals surface area (Å²) in [7, 11) is 0. The predicted octanol–water partition coefficient (Wildman–Crippen LogP) is 3.22. The highest BCUT2D eigenvalue weighted by Gasteiger charge is 2.50. The van der Waals surface area contributed by atoms with Crippen molar-refractivity contribution in [3.8, 4) is 0 Å². The standard InChI is InChI=1S/C21H24N2O2/c24-20-15-18(14-19-8-4-5-11-22-19)21(25-20)9-12-23(13-10-21)16-17-6-2-1-3-7-17/h1-8,11,18H,9-10,12-16H2. The van der Waals surface area contributed by atoms with Crippen molar-refractivity contribution in [1.82, 2.24) is 9.88 Å². The van der Waals surface area contributed by atoms with E-state index in [-0.39, 0.29) is 17.5 Å². The molecule has 4 rings (SSSR count). The van der Waals surface area contributed by atoms with Crippen LogP contribution >= 0.6 is 0 Å². The Bertz CT molecular complexity index is 709. The van der Waals surface area contributed by atoms with Crippen LogP contribution in [0.25, 0.3) is 0 Å². The number of aromatic nitrogens is 1. The molecule has 1 unspecified atom stereocenters. The SMILES string of the molecule is O=C1CC(Cc2ccccn2)C2(CCN(Cc3ccccc3)CC2)O1. The van der Waals surface area contributed by atoms with Crippen molar-refractivity contribution >= 4 is 5.97 Å². The van der Waals surface area contributed by atoms with Gasteiger partial charge in [-0.2, -0.15) is 0 Å². The number of rotatable bonds is 4. The lowest BCUT2D eigenvalue weighted by molar-refractivity contribution is -0.154. The van der Waals surface area contributed by atoms with Crippen LogP contribution in [0.15, 0.2) is 54.7 Å². The van der Waals surface area contributed by atoms with Crippen molar-refractivity contribution in [2.75, 3.05) is 13.1 Å². The van der Waals surface area contributed by atoms with E-state index >= 15 is 0 Å². The molecule has 0 saturated carbocycles. The normalized spacial score (nSPS) is 22.9. The van der Waals surface area contributed by atoms with Gasteiger partial charge in [0.25, 0.3) is 0 Å². The van der Waals surface area contributed by atoms with Crippen LogP contribution in [0.4, 0.5) is 0 Å². The minimum atomic E-state index is -0.290. The number of piperidine rings is 1. The number of esters is 1. The molecule has 1 spiro atoms. The molecule has 0 radical (unpaired) electrons. The molecule has 0 bridgehead atoms. The quantitative estimate of drug-likeness (QED) is 0.804. The minimum absolute atomic E-state index is 0.0440. The summed E-state index contributed by atoms with van der Waals surface area (Å²) in [6.07, 6.45) is 5.01. The monoisotopic (exact) mass is 336 g/mol. The highest BCUT2D eigenvalue weighted by molar-refractivity contribution is 5.73. The highest BCUT2D eigenvalue weighted by atomic mass is 16.6. The van der Waals surface area contributed by atoms with Gasteiger partial charge in [0.15, 0.2) is 0 Å². The van der Waals surface area contributed by atoms with Crippen LogP contribution in [-0.2, 0) is 22.5 Å². The van der Waals surface area contributed by atoms with Gasteiger partial charge in [0.1, 0.15) is 5.60 Å². The summed E-state index contributed by atoms with van der Waals surface area (Å²) in [4.78, 5) is 18.9. The Morgan fingerprint density at radius 3 is 2.56 bits per heavy atom. The molecule has 4 heteroatoms. The first-order valence-corrected chi connectivity index (χ1v) is 9.12. The van der Waals surface area contributed by atoms with E-state index < -0.39 is 0 Å². The summed E-state index contributed by atoms with van der Waals surface area (Å²) in [6.45, 7) is 2.91. The maximum absolute atomic E-state index is 12.0. The summed E-state index contributed by atoms with van der Waals surface area (Å²) in [6, 6.07) is 16.5. The third-order valence-electron chi connectivity index (χ3n) is 5.61. The lowest BCUT2D eigenvalue weighted by atomic mass is 9.77. The van der Waals surface area contributed by atoms with Gasteiger partial charge < -0.3 is 4.74 Å². The molecule has 0 N–H and O–H groups in total. The lowest BCUT2D eigenvalue weighted by Crippen LogP contribution is -2.48. The molecule has 130 valence electrons. The molecule has 1 aromatic carbocycles. The Kier molecular flexibility index (Phi) is 4.53. The Labute approximate surface area is 148 Å². The first kappa shape index (κ1) is 16.3. The fraction of sp³-hybridized carbons (Fsp3) is 0.429. The van der Waals surface area contributed by atoms with Crippen molar-refractivity contribution in [2.45, 2.75) is 37.8 Å². The van der Waals surface area contributed by atoms with E-state index in [2.05, 4.69) is 40.2 Å². The van der Waals surface area contributed by atoms with E-state index in [0.717, 1.165) is 44.6 Å². The van der Waals surface area contributed by atoms with Crippen LogP contribution < -0.4 is 0 Å². The van der Waals surface area contributed by atoms with E-state index in [0.29, 0.717) is 6.42 Å². The zero-order valence-electron chi connectivity index (χ0n) is 14.4. The minimum Gasteiger partial charge on any atom is -0.459 e. The molecule has 25 heavy (non-hydrogen) atoms. The van der Waals surface area contributed by atoms with Gasteiger partial charge in [-0.3, -0.25) is 14.7 Å². The predicted molar refractivity (Wildman–Crippen MR) is 95.8 cm³/mol. The largest absolute Gasteiger partial charge is 0.459 e. The van der Waals surface area contributed by atoms with Crippen LogP contribution in [0.1, 0.15) is 30.5 Å². The summed E-state index contributed by atoms with van der Waals surface area (Å²) < 4.78 is 5.88. The number of pyridine rings is 1. The Hall–Kier alpha value is -2.20. The topological polar surface area (TPSA) is 42.4 Å². The van der Waals surface area contributed by atoms with Crippen molar-refractivity contribution in [2.24, 2.45) is 5.92 Å². The summed E-state index contributed by atoms with van der Waals surface area (Å²) in [5.74, 6) is 0.200. The first-order valence-electron chi connectivity index (χ1n) is 9.12. The van der Waals surface area contributed by atoms with Gasteiger partial charge >= 0.3 is 5.97 Å². The molecule has 2 aliphatic heterocycles.